The van der Waals surface area contributed by atoms with Crippen molar-refractivity contribution in [3.8, 4) is 56.4 Å². The molecule has 2 nitrogen and oxygen atoms in total. The molecule has 10 rings (SSSR count). The first-order valence-corrected chi connectivity index (χ1v) is 16.1. The lowest BCUT2D eigenvalue weighted by atomic mass is 9.34. The van der Waals surface area contributed by atoms with Crippen LogP contribution in [-0.4, -0.2) is 6.71 Å². The maximum Gasteiger partial charge on any atom is 0.260 e. The van der Waals surface area contributed by atoms with Gasteiger partial charge in [0.2, 0.25) is 0 Å². The van der Waals surface area contributed by atoms with Crippen molar-refractivity contribution < 1.29 is 9.47 Å². The summed E-state index contributed by atoms with van der Waals surface area (Å²) < 4.78 is 13.2. The van der Waals surface area contributed by atoms with E-state index < -0.39 is 0 Å². The van der Waals surface area contributed by atoms with Gasteiger partial charge in [-0.05, 0) is 84.6 Å². The Morgan fingerprint density at radius 2 is 0.809 bits per heavy atom. The summed E-state index contributed by atoms with van der Waals surface area (Å²) in [7, 11) is 0. The monoisotopic (exact) mass is 598 g/mol. The summed E-state index contributed by atoms with van der Waals surface area (Å²) in [5.41, 5.74) is 10.6. The van der Waals surface area contributed by atoms with Crippen molar-refractivity contribution in [1.82, 2.24) is 0 Å². The minimum Gasteiger partial charge on any atom is -0.458 e. The average Bonchev–Trinajstić information content (AvgIpc) is 3.14. The van der Waals surface area contributed by atoms with E-state index in [9.17, 15) is 0 Å². The van der Waals surface area contributed by atoms with Crippen molar-refractivity contribution in [2.45, 2.75) is 0 Å². The molecule has 0 atom stereocenters. The first kappa shape index (κ1) is 26.2. The maximum atomic E-state index is 6.73. The minimum absolute atomic E-state index is 0.0509. The molecule has 0 aromatic heterocycles. The largest absolute Gasteiger partial charge is 0.458 e. The van der Waals surface area contributed by atoms with E-state index in [0.717, 1.165) is 39.6 Å². The van der Waals surface area contributed by atoms with Crippen molar-refractivity contribution in [2.75, 3.05) is 0 Å². The average molecular weight is 599 g/mol. The molecule has 218 valence electrons. The molecule has 0 unspecified atom stereocenters. The quantitative estimate of drug-likeness (QED) is 0.149. The van der Waals surface area contributed by atoms with E-state index in [1.165, 1.54) is 54.7 Å². The van der Waals surface area contributed by atoms with Crippen LogP contribution in [0.3, 0.4) is 0 Å². The zero-order chi connectivity index (χ0) is 30.9. The van der Waals surface area contributed by atoms with Gasteiger partial charge in [-0.15, -0.1) is 0 Å². The molecule has 3 heteroatoms. The molecule has 8 aromatic rings. The number of benzene rings is 8. The van der Waals surface area contributed by atoms with Crippen molar-refractivity contribution in [1.29, 1.82) is 0 Å². The highest BCUT2D eigenvalue weighted by atomic mass is 16.5. The Morgan fingerprint density at radius 1 is 0.340 bits per heavy atom. The Balaban J connectivity index is 1.14. The van der Waals surface area contributed by atoms with Gasteiger partial charge in [-0.3, -0.25) is 0 Å². The maximum absolute atomic E-state index is 6.73. The summed E-state index contributed by atoms with van der Waals surface area (Å²) in [6, 6.07) is 58.3. The van der Waals surface area contributed by atoms with Crippen LogP contribution >= 0.6 is 0 Å². The normalized spacial score (nSPS) is 12.6. The lowest BCUT2D eigenvalue weighted by molar-refractivity contribution is 0.465. The van der Waals surface area contributed by atoms with Gasteiger partial charge in [0.05, 0.1) is 0 Å². The smallest absolute Gasteiger partial charge is 0.260 e. The first-order chi connectivity index (χ1) is 23.3. The van der Waals surface area contributed by atoms with Gasteiger partial charge in [-0.2, -0.15) is 0 Å². The highest BCUT2D eigenvalue weighted by molar-refractivity contribution is 6.98. The molecule has 0 radical (unpaired) electrons. The van der Waals surface area contributed by atoms with E-state index in [0.29, 0.717) is 0 Å². The van der Waals surface area contributed by atoms with Crippen LogP contribution in [0.2, 0.25) is 0 Å². The van der Waals surface area contributed by atoms with Crippen molar-refractivity contribution in [2.24, 2.45) is 0 Å². The van der Waals surface area contributed by atoms with Gasteiger partial charge >= 0.3 is 0 Å². The van der Waals surface area contributed by atoms with Crippen LogP contribution in [-0.2, 0) is 0 Å². The van der Waals surface area contributed by atoms with E-state index in [2.05, 4.69) is 152 Å². The highest BCUT2D eigenvalue weighted by Crippen LogP contribution is 2.45. The lowest BCUT2D eigenvalue weighted by Crippen LogP contribution is -2.57. The van der Waals surface area contributed by atoms with E-state index in [4.69, 9.17) is 9.47 Å². The fourth-order valence-electron chi connectivity index (χ4n) is 7.78. The summed E-state index contributed by atoms with van der Waals surface area (Å²) in [5, 5.41) is 5.02. The topological polar surface area (TPSA) is 18.5 Å². The number of hydrogen-bond donors (Lipinski definition) is 0. The minimum atomic E-state index is 0.0509. The number of ether oxygens (including phenoxy) is 2. The standard InChI is InChI=1S/C44H27BO2/c1-2-12-29(13-3-1)41-32-14-4-6-16-34(32)42(35-17-7-5-15-33(35)41)30-24-22-28(23-25-30)31-26-27-40-43-44(31)47-39-21-11-9-19-37(39)45(43)36-18-8-10-20-38(36)46-40/h1-27H. The van der Waals surface area contributed by atoms with Gasteiger partial charge in [0.15, 0.2) is 0 Å². The van der Waals surface area contributed by atoms with Crippen LogP contribution in [0.1, 0.15) is 0 Å². The highest BCUT2D eigenvalue weighted by Gasteiger charge is 2.40. The number of fused-ring (bicyclic) bond motifs is 6. The predicted octanol–water partition coefficient (Wildman–Crippen LogP) is 9.72. The van der Waals surface area contributed by atoms with E-state index >= 15 is 0 Å². The predicted molar refractivity (Wildman–Crippen MR) is 195 cm³/mol. The first-order valence-electron chi connectivity index (χ1n) is 16.1. The fraction of sp³-hybridized carbons (Fsp3) is 0. The van der Waals surface area contributed by atoms with Crippen molar-refractivity contribution in [3.05, 3.63) is 164 Å². The van der Waals surface area contributed by atoms with Gasteiger partial charge in [-0.25, -0.2) is 0 Å². The third kappa shape index (κ3) is 3.93. The van der Waals surface area contributed by atoms with Crippen LogP contribution in [0, 0.1) is 0 Å². The lowest BCUT2D eigenvalue weighted by Gasteiger charge is -2.33. The van der Waals surface area contributed by atoms with E-state index in [1.54, 1.807) is 0 Å². The molecule has 2 heterocycles. The summed E-state index contributed by atoms with van der Waals surface area (Å²) in [6.45, 7) is 0.0509. The number of rotatable bonds is 3. The zero-order valence-electron chi connectivity index (χ0n) is 25.5. The van der Waals surface area contributed by atoms with Crippen molar-refractivity contribution >= 4 is 44.6 Å². The molecule has 2 aliphatic heterocycles. The molecular formula is C44H27BO2. The molecule has 0 spiro atoms. The molecular weight excluding hydrogens is 571 g/mol. The van der Waals surface area contributed by atoms with Crippen LogP contribution < -0.4 is 25.9 Å². The summed E-state index contributed by atoms with van der Waals surface area (Å²) in [5.74, 6) is 3.53. The molecule has 8 aromatic carbocycles. The van der Waals surface area contributed by atoms with Gasteiger partial charge in [0, 0.05) is 11.0 Å². The molecule has 0 amide bonds. The summed E-state index contributed by atoms with van der Waals surface area (Å²) in [4.78, 5) is 0. The molecule has 47 heavy (non-hydrogen) atoms. The van der Waals surface area contributed by atoms with Crippen LogP contribution in [0.25, 0.3) is 54.9 Å². The second kappa shape index (κ2) is 10.2. The second-order valence-corrected chi connectivity index (χ2v) is 12.4. The molecule has 0 N–H and O–H groups in total. The second-order valence-electron chi connectivity index (χ2n) is 12.4. The molecule has 0 saturated carbocycles. The number of para-hydroxylation sites is 2. The van der Waals surface area contributed by atoms with Gasteiger partial charge in [0.1, 0.15) is 23.0 Å². The third-order valence-electron chi connectivity index (χ3n) is 9.82. The number of hydrogen-bond acceptors (Lipinski definition) is 2. The molecule has 0 bridgehead atoms. The van der Waals surface area contributed by atoms with Gasteiger partial charge < -0.3 is 9.47 Å². The van der Waals surface area contributed by atoms with E-state index in [1.807, 2.05) is 12.1 Å². The van der Waals surface area contributed by atoms with E-state index in [-0.39, 0.29) is 6.71 Å². The molecule has 2 aliphatic rings. The Morgan fingerprint density at radius 3 is 1.40 bits per heavy atom. The van der Waals surface area contributed by atoms with Crippen LogP contribution in [0.4, 0.5) is 0 Å². The summed E-state index contributed by atoms with van der Waals surface area (Å²) in [6.07, 6.45) is 0. The SMILES string of the molecule is c1ccc(-c2c3ccccc3c(-c3ccc(-c4ccc5c6c4Oc4ccccc4B6c4ccccc4O5)cc3)c3ccccc23)cc1. The van der Waals surface area contributed by atoms with Gasteiger partial charge in [-0.1, -0.05) is 140 Å². The molecule has 0 saturated heterocycles. The third-order valence-corrected chi connectivity index (χ3v) is 9.82. The van der Waals surface area contributed by atoms with Gasteiger partial charge in [0.25, 0.3) is 6.71 Å². The van der Waals surface area contributed by atoms with Crippen molar-refractivity contribution in [3.63, 3.8) is 0 Å². The fourth-order valence-corrected chi connectivity index (χ4v) is 7.78. The van der Waals surface area contributed by atoms with Crippen LogP contribution in [0.15, 0.2) is 164 Å². The Bertz CT molecular complexity index is 2450. The Kier molecular flexibility index (Phi) is 5.70. The molecule has 0 aliphatic carbocycles. The summed E-state index contributed by atoms with van der Waals surface area (Å²) >= 11 is 0. The Hall–Kier alpha value is -6.06. The zero-order valence-corrected chi connectivity index (χ0v) is 25.5. The Labute approximate surface area is 273 Å². The molecule has 0 fully saturated rings. The van der Waals surface area contributed by atoms with Crippen LogP contribution in [0.5, 0.6) is 23.0 Å².